The molecule has 0 radical (unpaired) electrons. The molecule has 1 unspecified atom stereocenters. The van der Waals surface area contributed by atoms with Crippen molar-refractivity contribution in [3.8, 4) is 0 Å². The Hall–Kier alpha value is -1.51. The van der Waals surface area contributed by atoms with Crippen LogP contribution in [0.4, 0.5) is 5.69 Å². The first-order valence-electron chi connectivity index (χ1n) is 5.35. The first kappa shape index (κ1) is 10.0. The molecule has 80 valence electrons. The summed E-state index contributed by atoms with van der Waals surface area (Å²) in [6.45, 7) is 3.91. The van der Waals surface area contributed by atoms with Gasteiger partial charge in [-0.3, -0.25) is 5.41 Å². The van der Waals surface area contributed by atoms with E-state index in [-0.39, 0.29) is 11.8 Å². The van der Waals surface area contributed by atoms with E-state index in [9.17, 15) is 0 Å². The predicted molar refractivity (Wildman–Crippen MR) is 63.4 cm³/mol. The number of nitrogens with zero attached hydrogens (tertiary/aromatic N) is 1. The number of fused-ring (bicyclic) bond motifs is 1. The molecule has 2 rings (SSSR count). The van der Waals surface area contributed by atoms with Crippen LogP contribution in [-0.2, 0) is 6.42 Å². The van der Waals surface area contributed by atoms with E-state index in [1.165, 1.54) is 11.3 Å². The van der Waals surface area contributed by atoms with E-state index in [2.05, 4.69) is 29.2 Å². The normalized spacial score (nSPS) is 16.2. The van der Waals surface area contributed by atoms with Crippen LogP contribution in [0.1, 0.15) is 12.5 Å². The van der Waals surface area contributed by atoms with Crippen molar-refractivity contribution in [2.24, 2.45) is 11.7 Å². The van der Waals surface area contributed by atoms with Gasteiger partial charge in [0, 0.05) is 24.7 Å². The molecule has 0 amide bonds. The minimum atomic E-state index is 0.135. The van der Waals surface area contributed by atoms with Gasteiger partial charge in [0.2, 0.25) is 0 Å². The van der Waals surface area contributed by atoms with Gasteiger partial charge in [0.15, 0.2) is 0 Å². The van der Waals surface area contributed by atoms with Crippen molar-refractivity contribution in [3.63, 3.8) is 0 Å². The fourth-order valence-corrected chi connectivity index (χ4v) is 2.03. The van der Waals surface area contributed by atoms with Crippen molar-refractivity contribution in [2.75, 3.05) is 18.0 Å². The van der Waals surface area contributed by atoms with Gasteiger partial charge in [-0.25, -0.2) is 0 Å². The maximum Gasteiger partial charge on any atom is 0.0952 e. The van der Waals surface area contributed by atoms with E-state index in [0.29, 0.717) is 0 Å². The molecule has 1 aliphatic heterocycles. The van der Waals surface area contributed by atoms with E-state index in [4.69, 9.17) is 11.1 Å². The Bertz CT molecular complexity index is 373. The highest BCUT2D eigenvalue weighted by Gasteiger charge is 2.20. The van der Waals surface area contributed by atoms with Crippen LogP contribution in [0.25, 0.3) is 0 Å². The van der Waals surface area contributed by atoms with Gasteiger partial charge in [0.25, 0.3) is 0 Å². The van der Waals surface area contributed by atoms with E-state index in [0.717, 1.165) is 19.5 Å². The van der Waals surface area contributed by atoms with Crippen LogP contribution in [-0.4, -0.2) is 18.9 Å². The average Bonchev–Trinajstić information content (AvgIpc) is 2.62. The summed E-state index contributed by atoms with van der Waals surface area (Å²) >= 11 is 0. The van der Waals surface area contributed by atoms with E-state index in [1.54, 1.807) is 0 Å². The van der Waals surface area contributed by atoms with Crippen LogP contribution in [0.3, 0.4) is 0 Å². The third-order valence-corrected chi connectivity index (χ3v) is 3.01. The Morgan fingerprint density at radius 3 is 3.00 bits per heavy atom. The van der Waals surface area contributed by atoms with Crippen LogP contribution in [0.2, 0.25) is 0 Å². The minimum absolute atomic E-state index is 0.135. The molecule has 0 saturated carbocycles. The van der Waals surface area contributed by atoms with E-state index in [1.807, 2.05) is 6.92 Å². The third-order valence-electron chi connectivity index (χ3n) is 3.01. The number of benzene rings is 1. The summed E-state index contributed by atoms with van der Waals surface area (Å²) in [5.41, 5.74) is 8.21. The van der Waals surface area contributed by atoms with Crippen molar-refractivity contribution in [2.45, 2.75) is 13.3 Å². The number of nitrogens with one attached hydrogen (secondary N) is 1. The number of rotatable bonds is 3. The fraction of sp³-hybridized carbons (Fsp3) is 0.417. The molecule has 1 atom stereocenters. The quantitative estimate of drug-likeness (QED) is 0.579. The topological polar surface area (TPSA) is 53.1 Å². The molecule has 1 heterocycles. The van der Waals surface area contributed by atoms with Crippen LogP contribution in [0.15, 0.2) is 24.3 Å². The van der Waals surface area contributed by atoms with Crippen molar-refractivity contribution < 1.29 is 0 Å². The summed E-state index contributed by atoms with van der Waals surface area (Å²) in [7, 11) is 0. The van der Waals surface area contributed by atoms with Gasteiger partial charge in [0.05, 0.1) is 5.84 Å². The second kappa shape index (κ2) is 3.93. The van der Waals surface area contributed by atoms with E-state index < -0.39 is 0 Å². The Balaban J connectivity index is 2.11. The maximum atomic E-state index is 7.40. The summed E-state index contributed by atoms with van der Waals surface area (Å²) in [4.78, 5) is 2.32. The number of nitrogens with two attached hydrogens (primary N) is 1. The fourth-order valence-electron chi connectivity index (χ4n) is 2.03. The minimum Gasteiger partial charge on any atom is -0.387 e. The Morgan fingerprint density at radius 1 is 1.53 bits per heavy atom. The molecule has 0 aromatic heterocycles. The lowest BCUT2D eigenvalue weighted by atomic mass is 10.1. The van der Waals surface area contributed by atoms with Crippen molar-refractivity contribution in [1.29, 1.82) is 5.41 Å². The van der Waals surface area contributed by atoms with Gasteiger partial charge in [-0.2, -0.15) is 0 Å². The average molecular weight is 203 g/mol. The zero-order chi connectivity index (χ0) is 10.8. The lowest BCUT2D eigenvalue weighted by molar-refractivity contribution is 0.702. The second-order valence-corrected chi connectivity index (χ2v) is 4.18. The maximum absolute atomic E-state index is 7.40. The monoisotopic (exact) mass is 203 g/mol. The zero-order valence-electron chi connectivity index (χ0n) is 9.03. The summed E-state index contributed by atoms with van der Waals surface area (Å²) in [6, 6.07) is 8.47. The molecule has 3 nitrogen and oxygen atoms in total. The third kappa shape index (κ3) is 1.96. The number of hydrogen-bond donors (Lipinski definition) is 2. The van der Waals surface area contributed by atoms with Crippen molar-refractivity contribution in [3.05, 3.63) is 29.8 Å². The highest BCUT2D eigenvalue weighted by molar-refractivity contribution is 5.80. The molecule has 1 aliphatic rings. The molecular weight excluding hydrogens is 186 g/mol. The van der Waals surface area contributed by atoms with Crippen LogP contribution in [0, 0.1) is 11.3 Å². The molecule has 3 heteroatoms. The van der Waals surface area contributed by atoms with Gasteiger partial charge in [-0.15, -0.1) is 0 Å². The molecule has 1 aromatic carbocycles. The Morgan fingerprint density at radius 2 is 2.27 bits per heavy atom. The number of anilines is 1. The van der Waals surface area contributed by atoms with Crippen LogP contribution >= 0.6 is 0 Å². The highest BCUT2D eigenvalue weighted by Crippen LogP contribution is 2.27. The molecule has 3 N–H and O–H groups in total. The number of para-hydroxylation sites is 1. The molecular formula is C12H17N3. The number of amidine groups is 1. The summed E-state index contributed by atoms with van der Waals surface area (Å²) in [5.74, 6) is 0.413. The van der Waals surface area contributed by atoms with Crippen LogP contribution in [0.5, 0.6) is 0 Å². The Kier molecular flexibility index (Phi) is 2.62. The second-order valence-electron chi connectivity index (χ2n) is 4.18. The standard InChI is InChI=1S/C12H17N3/c1-9(12(13)14)8-15-7-6-10-4-2-3-5-11(10)15/h2-5,9H,6-8H2,1H3,(H3,13,14). The predicted octanol–water partition coefficient (Wildman–Crippen LogP) is 1.62. The first-order chi connectivity index (χ1) is 7.18. The largest absolute Gasteiger partial charge is 0.387 e. The van der Waals surface area contributed by atoms with Crippen molar-refractivity contribution >= 4 is 11.5 Å². The zero-order valence-corrected chi connectivity index (χ0v) is 9.03. The summed E-state index contributed by atoms with van der Waals surface area (Å²) in [5, 5.41) is 7.40. The molecule has 1 aromatic rings. The van der Waals surface area contributed by atoms with E-state index >= 15 is 0 Å². The van der Waals surface area contributed by atoms with Gasteiger partial charge < -0.3 is 10.6 Å². The lowest BCUT2D eigenvalue weighted by Gasteiger charge is -2.22. The molecule has 0 aliphatic carbocycles. The van der Waals surface area contributed by atoms with Gasteiger partial charge >= 0.3 is 0 Å². The smallest absolute Gasteiger partial charge is 0.0952 e. The number of hydrogen-bond acceptors (Lipinski definition) is 2. The van der Waals surface area contributed by atoms with Crippen LogP contribution < -0.4 is 10.6 Å². The lowest BCUT2D eigenvalue weighted by Crippen LogP contribution is -2.33. The molecule has 0 spiro atoms. The molecule has 0 bridgehead atoms. The molecule has 0 fully saturated rings. The molecule has 15 heavy (non-hydrogen) atoms. The highest BCUT2D eigenvalue weighted by atomic mass is 15.1. The van der Waals surface area contributed by atoms with Gasteiger partial charge in [-0.05, 0) is 18.1 Å². The molecule has 0 saturated heterocycles. The van der Waals surface area contributed by atoms with Gasteiger partial charge in [0.1, 0.15) is 0 Å². The Labute approximate surface area is 90.4 Å². The van der Waals surface area contributed by atoms with Gasteiger partial charge in [-0.1, -0.05) is 25.1 Å². The SMILES string of the molecule is CC(CN1CCc2ccccc21)C(=N)N. The first-order valence-corrected chi connectivity index (χ1v) is 5.35. The van der Waals surface area contributed by atoms with Crippen molar-refractivity contribution in [1.82, 2.24) is 0 Å². The summed E-state index contributed by atoms with van der Waals surface area (Å²) < 4.78 is 0. The summed E-state index contributed by atoms with van der Waals surface area (Å²) in [6.07, 6.45) is 1.11.